The molecule has 0 amide bonds. The lowest BCUT2D eigenvalue weighted by Gasteiger charge is -2.12. The van der Waals surface area contributed by atoms with E-state index < -0.39 is 0 Å². The van der Waals surface area contributed by atoms with Crippen molar-refractivity contribution >= 4 is 11.6 Å². The molecule has 2 rings (SSSR count). The van der Waals surface area contributed by atoms with Crippen molar-refractivity contribution in [2.75, 3.05) is 6.61 Å². The van der Waals surface area contributed by atoms with Gasteiger partial charge >= 0.3 is 0 Å². The minimum Gasteiger partial charge on any atom is -0.488 e. The van der Waals surface area contributed by atoms with E-state index in [2.05, 4.69) is 11.9 Å². The SMILES string of the molecule is CC1CCC(COc2cccnc2Cl)O1. The molecular weight excluding hydrogens is 214 g/mol. The van der Waals surface area contributed by atoms with Crippen molar-refractivity contribution in [1.82, 2.24) is 4.98 Å². The van der Waals surface area contributed by atoms with Crippen LogP contribution in [0.2, 0.25) is 5.15 Å². The fourth-order valence-corrected chi connectivity index (χ4v) is 1.84. The van der Waals surface area contributed by atoms with Crippen LogP contribution in [-0.4, -0.2) is 23.8 Å². The van der Waals surface area contributed by atoms with Crippen LogP contribution in [0.25, 0.3) is 0 Å². The number of rotatable bonds is 3. The number of ether oxygens (including phenoxy) is 2. The van der Waals surface area contributed by atoms with Crippen molar-refractivity contribution < 1.29 is 9.47 Å². The highest BCUT2D eigenvalue weighted by atomic mass is 35.5. The van der Waals surface area contributed by atoms with Crippen LogP contribution in [0.3, 0.4) is 0 Å². The Morgan fingerprint density at radius 1 is 1.60 bits per heavy atom. The van der Waals surface area contributed by atoms with Crippen LogP contribution in [0.15, 0.2) is 18.3 Å². The number of hydrogen-bond donors (Lipinski definition) is 0. The Hall–Kier alpha value is -0.800. The number of halogens is 1. The van der Waals surface area contributed by atoms with Crippen LogP contribution >= 0.6 is 11.6 Å². The quantitative estimate of drug-likeness (QED) is 0.744. The average Bonchev–Trinajstić information content (AvgIpc) is 2.63. The molecule has 4 heteroatoms. The first kappa shape index (κ1) is 10.7. The minimum absolute atomic E-state index is 0.191. The van der Waals surface area contributed by atoms with Gasteiger partial charge in [0.15, 0.2) is 10.9 Å². The second-order valence-corrected chi connectivity index (χ2v) is 4.11. The summed E-state index contributed by atoms with van der Waals surface area (Å²) in [5.41, 5.74) is 0. The van der Waals surface area contributed by atoms with E-state index in [4.69, 9.17) is 21.1 Å². The minimum atomic E-state index is 0.191. The highest BCUT2D eigenvalue weighted by molar-refractivity contribution is 6.30. The molecule has 15 heavy (non-hydrogen) atoms. The Kier molecular flexibility index (Phi) is 3.44. The maximum absolute atomic E-state index is 5.86. The van der Waals surface area contributed by atoms with Gasteiger partial charge in [0.2, 0.25) is 0 Å². The van der Waals surface area contributed by atoms with Crippen LogP contribution in [0.1, 0.15) is 19.8 Å². The van der Waals surface area contributed by atoms with Crippen LogP contribution in [0, 0.1) is 0 Å². The highest BCUT2D eigenvalue weighted by Gasteiger charge is 2.22. The summed E-state index contributed by atoms with van der Waals surface area (Å²) in [6.07, 6.45) is 4.34. The van der Waals surface area contributed by atoms with Crippen molar-refractivity contribution in [3.8, 4) is 5.75 Å². The normalized spacial score (nSPS) is 25.5. The summed E-state index contributed by atoms with van der Waals surface area (Å²) in [7, 11) is 0. The highest BCUT2D eigenvalue weighted by Crippen LogP contribution is 2.23. The summed E-state index contributed by atoms with van der Waals surface area (Å²) in [6.45, 7) is 2.63. The van der Waals surface area contributed by atoms with E-state index >= 15 is 0 Å². The summed E-state index contributed by atoms with van der Waals surface area (Å²) in [5.74, 6) is 0.627. The van der Waals surface area contributed by atoms with Crippen molar-refractivity contribution in [3.05, 3.63) is 23.5 Å². The maximum Gasteiger partial charge on any atom is 0.171 e. The van der Waals surface area contributed by atoms with Gasteiger partial charge in [0.25, 0.3) is 0 Å². The molecule has 0 radical (unpaired) electrons. The second-order valence-electron chi connectivity index (χ2n) is 3.75. The lowest BCUT2D eigenvalue weighted by atomic mass is 10.2. The fraction of sp³-hybridized carbons (Fsp3) is 0.545. The lowest BCUT2D eigenvalue weighted by Crippen LogP contribution is -2.18. The van der Waals surface area contributed by atoms with Gasteiger partial charge in [-0.15, -0.1) is 0 Å². The van der Waals surface area contributed by atoms with Gasteiger partial charge < -0.3 is 9.47 Å². The first-order chi connectivity index (χ1) is 7.25. The molecule has 0 aliphatic carbocycles. The van der Waals surface area contributed by atoms with E-state index in [0.29, 0.717) is 23.6 Å². The molecule has 0 bridgehead atoms. The van der Waals surface area contributed by atoms with Crippen LogP contribution in [-0.2, 0) is 4.74 Å². The van der Waals surface area contributed by atoms with Gasteiger partial charge in [-0.25, -0.2) is 4.98 Å². The Balaban J connectivity index is 1.86. The Bertz CT molecular complexity index is 332. The molecule has 1 aromatic rings. The summed E-state index contributed by atoms with van der Waals surface area (Å²) in [4.78, 5) is 3.94. The van der Waals surface area contributed by atoms with E-state index in [1.54, 1.807) is 12.3 Å². The van der Waals surface area contributed by atoms with Gasteiger partial charge in [0, 0.05) is 6.20 Å². The van der Waals surface area contributed by atoms with Crippen LogP contribution in [0.4, 0.5) is 0 Å². The predicted molar refractivity (Wildman–Crippen MR) is 58.3 cm³/mol. The van der Waals surface area contributed by atoms with Gasteiger partial charge in [-0.3, -0.25) is 0 Å². The Morgan fingerprint density at radius 3 is 3.13 bits per heavy atom. The number of pyridine rings is 1. The van der Waals surface area contributed by atoms with Crippen molar-refractivity contribution in [1.29, 1.82) is 0 Å². The number of hydrogen-bond acceptors (Lipinski definition) is 3. The third-order valence-electron chi connectivity index (χ3n) is 2.47. The molecule has 1 aliphatic rings. The third-order valence-corrected chi connectivity index (χ3v) is 2.75. The number of nitrogens with zero attached hydrogens (tertiary/aromatic N) is 1. The summed E-state index contributed by atoms with van der Waals surface area (Å²) in [5, 5.41) is 0.406. The van der Waals surface area contributed by atoms with Gasteiger partial charge in [-0.2, -0.15) is 0 Å². The molecule has 0 saturated carbocycles. The lowest BCUT2D eigenvalue weighted by molar-refractivity contribution is 0.0264. The van der Waals surface area contributed by atoms with E-state index in [1.807, 2.05) is 6.07 Å². The topological polar surface area (TPSA) is 31.4 Å². The molecule has 0 aromatic carbocycles. The predicted octanol–water partition coefficient (Wildman–Crippen LogP) is 2.68. The van der Waals surface area contributed by atoms with Gasteiger partial charge in [-0.1, -0.05) is 11.6 Å². The average molecular weight is 228 g/mol. The standard InChI is InChI=1S/C11H14ClNO2/c1-8-4-5-9(15-8)7-14-10-3-2-6-13-11(10)12/h2-3,6,8-9H,4-5,7H2,1H3. The molecule has 1 aliphatic heterocycles. The van der Waals surface area contributed by atoms with Crippen molar-refractivity contribution in [2.24, 2.45) is 0 Å². The first-order valence-corrected chi connectivity index (χ1v) is 5.52. The zero-order valence-electron chi connectivity index (χ0n) is 8.65. The van der Waals surface area contributed by atoms with E-state index in [0.717, 1.165) is 12.8 Å². The van der Waals surface area contributed by atoms with Crippen molar-refractivity contribution in [3.63, 3.8) is 0 Å². The third kappa shape index (κ3) is 2.83. The molecule has 1 aromatic heterocycles. The maximum atomic E-state index is 5.86. The van der Waals surface area contributed by atoms with E-state index in [-0.39, 0.29) is 6.10 Å². The van der Waals surface area contributed by atoms with E-state index in [1.165, 1.54) is 0 Å². The first-order valence-electron chi connectivity index (χ1n) is 5.14. The second kappa shape index (κ2) is 4.81. The smallest absolute Gasteiger partial charge is 0.171 e. The zero-order chi connectivity index (χ0) is 10.7. The largest absolute Gasteiger partial charge is 0.488 e. The molecular formula is C11H14ClNO2. The molecule has 2 atom stereocenters. The number of aromatic nitrogens is 1. The Labute approximate surface area is 94.4 Å². The molecule has 2 heterocycles. The molecule has 3 nitrogen and oxygen atoms in total. The zero-order valence-corrected chi connectivity index (χ0v) is 9.41. The molecule has 0 N–H and O–H groups in total. The van der Waals surface area contributed by atoms with Crippen molar-refractivity contribution in [2.45, 2.75) is 32.0 Å². The van der Waals surface area contributed by atoms with Crippen LogP contribution < -0.4 is 4.74 Å². The summed E-state index contributed by atoms with van der Waals surface area (Å²) >= 11 is 5.86. The monoisotopic (exact) mass is 227 g/mol. The van der Waals surface area contributed by atoms with Crippen LogP contribution in [0.5, 0.6) is 5.75 Å². The summed E-state index contributed by atoms with van der Waals surface area (Å²) in [6, 6.07) is 3.62. The summed E-state index contributed by atoms with van der Waals surface area (Å²) < 4.78 is 11.2. The van der Waals surface area contributed by atoms with Gasteiger partial charge in [0.1, 0.15) is 6.61 Å². The fourth-order valence-electron chi connectivity index (χ4n) is 1.67. The molecule has 82 valence electrons. The van der Waals surface area contributed by atoms with Gasteiger partial charge in [-0.05, 0) is 31.9 Å². The molecule has 1 fully saturated rings. The molecule has 2 unspecified atom stereocenters. The Morgan fingerprint density at radius 2 is 2.47 bits per heavy atom. The van der Waals surface area contributed by atoms with Gasteiger partial charge in [0.05, 0.1) is 12.2 Å². The molecule has 0 spiro atoms. The van der Waals surface area contributed by atoms with E-state index in [9.17, 15) is 0 Å². The molecule has 1 saturated heterocycles.